The van der Waals surface area contributed by atoms with Gasteiger partial charge in [-0.15, -0.1) is 0 Å². The second kappa shape index (κ2) is 7.36. The first-order valence-electron chi connectivity index (χ1n) is 7.81. The Labute approximate surface area is 146 Å². The van der Waals surface area contributed by atoms with Crippen LogP contribution in [0.3, 0.4) is 0 Å². The maximum atomic E-state index is 12.0. The van der Waals surface area contributed by atoms with Gasteiger partial charge in [-0.1, -0.05) is 11.6 Å². The van der Waals surface area contributed by atoms with Crippen LogP contribution in [0.2, 0.25) is 5.02 Å². The number of hydrogen-bond acceptors (Lipinski definition) is 5. The number of aromatic nitrogens is 1. The molecule has 1 aliphatic heterocycles. The maximum Gasteiger partial charge on any atom is 0.254 e. The van der Waals surface area contributed by atoms with Crippen molar-refractivity contribution in [2.45, 2.75) is 24.9 Å². The third-order valence-corrected chi connectivity index (χ3v) is 4.38. The number of nitrogens with zero attached hydrogens (tertiary/aromatic N) is 3. The Morgan fingerprint density at radius 3 is 2.79 bits per heavy atom. The van der Waals surface area contributed by atoms with Crippen LogP contribution in [0, 0.1) is 0 Å². The van der Waals surface area contributed by atoms with Crippen LogP contribution in [-0.4, -0.2) is 66.6 Å². The molecule has 1 aromatic rings. The van der Waals surface area contributed by atoms with Gasteiger partial charge < -0.3 is 20.2 Å². The Morgan fingerprint density at radius 1 is 1.50 bits per heavy atom. The van der Waals surface area contributed by atoms with Crippen LogP contribution in [-0.2, 0) is 4.79 Å². The SMILES string of the molecule is CNC(=O)CC1(O)CCCN(c2ncc(C(=O)N(C)C)cc2Cl)C1. The van der Waals surface area contributed by atoms with E-state index in [1.165, 1.54) is 11.1 Å². The van der Waals surface area contributed by atoms with Gasteiger partial charge in [0.15, 0.2) is 0 Å². The molecule has 1 aliphatic rings. The number of aliphatic hydroxyl groups is 1. The van der Waals surface area contributed by atoms with Crippen LogP contribution >= 0.6 is 11.6 Å². The number of anilines is 1. The average Bonchev–Trinajstić information content (AvgIpc) is 2.53. The lowest BCUT2D eigenvalue weighted by Gasteiger charge is -2.39. The van der Waals surface area contributed by atoms with E-state index in [9.17, 15) is 14.7 Å². The lowest BCUT2D eigenvalue weighted by atomic mass is 9.89. The second-order valence-corrected chi connectivity index (χ2v) is 6.74. The predicted octanol–water partition coefficient (Wildman–Crippen LogP) is 0.904. The Morgan fingerprint density at radius 2 is 2.21 bits per heavy atom. The van der Waals surface area contributed by atoms with Crippen molar-refractivity contribution in [1.29, 1.82) is 0 Å². The highest BCUT2D eigenvalue weighted by Crippen LogP contribution is 2.31. The summed E-state index contributed by atoms with van der Waals surface area (Å²) in [5.41, 5.74) is -0.701. The minimum Gasteiger partial charge on any atom is -0.388 e. The molecular weight excluding hydrogens is 332 g/mol. The van der Waals surface area contributed by atoms with Gasteiger partial charge >= 0.3 is 0 Å². The molecule has 1 fully saturated rings. The van der Waals surface area contributed by atoms with Crippen molar-refractivity contribution in [3.05, 3.63) is 22.8 Å². The minimum atomic E-state index is -1.11. The van der Waals surface area contributed by atoms with E-state index >= 15 is 0 Å². The zero-order chi connectivity index (χ0) is 17.9. The first kappa shape index (κ1) is 18.5. The predicted molar refractivity (Wildman–Crippen MR) is 92.3 cm³/mol. The largest absolute Gasteiger partial charge is 0.388 e. The van der Waals surface area contributed by atoms with Crippen LogP contribution < -0.4 is 10.2 Å². The van der Waals surface area contributed by atoms with Crippen LogP contribution in [0.25, 0.3) is 0 Å². The van der Waals surface area contributed by atoms with E-state index in [1.807, 2.05) is 4.90 Å². The molecule has 2 rings (SSSR count). The molecule has 0 aliphatic carbocycles. The summed E-state index contributed by atoms with van der Waals surface area (Å²) >= 11 is 6.30. The summed E-state index contributed by atoms with van der Waals surface area (Å²) < 4.78 is 0. The zero-order valence-corrected chi connectivity index (χ0v) is 14.9. The maximum absolute atomic E-state index is 12.0. The normalized spacial score (nSPS) is 20.6. The van der Waals surface area contributed by atoms with Crippen LogP contribution in [0.4, 0.5) is 5.82 Å². The number of carbonyl (C=O) groups excluding carboxylic acids is 2. The van der Waals surface area contributed by atoms with Crippen LogP contribution in [0.1, 0.15) is 29.6 Å². The molecule has 1 saturated heterocycles. The molecule has 0 saturated carbocycles. The third-order valence-electron chi connectivity index (χ3n) is 4.10. The first-order valence-corrected chi connectivity index (χ1v) is 8.18. The van der Waals surface area contributed by atoms with E-state index in [1.54, 1.807) is 27.2 Å². The molecule has 0 spiro atoms. The number of halogens is 1. The van der Waals surface area contributed by atoms with E-state index in [4.69, 9.17) is 11.6 Å². The Kier molecular flexibility index (Phi) is 5.66. The van der Waals surface area contributed by atoms with E-state index in [-0.39, 0.29) is 24.8 Å². The first-order chi connectivity index (χ1) is 11.3. The molecule has 8 heteroatoms. The van der Waals surface area contributed by atoms with Gasteiger partial charge in [-0.25, -0.2) is 4.98 Å². The smallest absolute Gasteiger partial charge is 0.254 e. The summed E-state index contributed by atoms with van der Waals surface area (Å²) in [5, 5.41) is 13.6. The van der Waals surface area contributed by atoms with Gasteiger partial charge in [0, 0.05) is 40.4 Å². The number of carbonyl (C=O) groups is 2. The van der Waals surface area contributed by atoms with E-state index in [0.29, 0.717) is 29.4 Å². The number of amides is 2. The molecule has 7 nitrogen and oxygen atoms in total. The molecule has 132 valence electrons. The number of pyridine rings is 1. The van der Waals surface area contributed by atoms with Crippen molar-refractivity contribution < 1.29 is 14.7 Å². The molecule has 2 heterocycles. The van der Waals surface area contributed by atoms with Crippen molar-refractivity contribution in [3.8, 4) is 0 Å². The number of rotatable bonds is 4. The Balaban J connectivity index is 2.19. The summed E-state index contributed by atoms with van der Waals surface area (Å²) in [6, 6.07) is 1.58. The van der Waals surface area contributed by atoms with Gasteiger partial charge in [0.2, 0.25) is 5.91 Å². The number of nitrogens with one attached hydrogen (secondary N) is 1. The summed E-state index contributed by atoms with van der Waals surface area (Å²) in [4.78, 5) is 31.2. The molecule has 24 heavy (non-hydrogen) atoms. The standard InChI is InChI=1S/C16H23ClN4O3/c1-18-13(22)8-16(24)5-4-6-21(10-16)14-12(17)7-11(9-19-14)15(23)20(2)3/h7,9,24H,4-6,8,10H2,1-3H3,(H,18,22). The fourth-order valence-corrected chi connectivity index (χ4v) is 3.15. The summed E-state index contributed by atoms with van der Waals surface area (Å²) in [6.07, 6.45) is 2.79. The molecule has 1 aromatic heterocycles. The zero-order valence-electron chi connectivity index (χ0n) is 14.2. The van der Waals surface area contributed by atoms with Gasteiger partial charge in [0.05, 0.1) is 22.6 Å². The fourth-order valence-electron chi connectivity index (χ4n) is 2.86. The minimum absolute atomic E-state index is 0.0365. The van der Waals surface area contributed by atoms with Crippen molar-refractivity contribution >= 4 is 29.2 Å². The molecule has 2 amide bonds. The van der Waals surface area contributed by atoms with E-state index in [2.05, 4.69) is 10.3 Å². The molecule has 1 unspecified atom stereocenters. The fraction of sp³-hybridized carbons (Fsp3) is 0.562. The quantitative estimate of drug-likeness (QED) is 0.839. The second-order valence-electron chi connectivity index (χ2n) is 6.33. The van der Waals surface area contributed by atoms with Crippen molar-refractivity contribution in [3.63, 3.8) is 0 Å². The lowest BCUT2D eigenvalue weighted by molar-refractivity contribution is -0.125. The van der Waals surface area contributed by atoms with Crippen molar-refractivity contribution in [2.24, 2.45) is 0 Å². The molecule has 0 radical (unpaired) electrons. The van der Waals surface area contributed by atoms with Gasteiger partial charge in [0.1, 0.15) is 5.82 Å². The Bertz CT molecular complexity index is 638. The summed E-state index contributed by atoms with van der Waals surface area (Å²) in [5.74, 6) is 0.137. The van der Waals surface area contributed by atoms with Gasteiger partial charge in [-0.3, -0.25) is 9.59 Å². The van der Waals surface area contributed by atoms with Crippen molar-refractivity contribution in [2.75, 3.05) is 39.1 Å². The molecule has 0 bridgehead atoms. The topological polar surface area (TPSA) is 85.8 Å². The average molecular weight is 355 g/mol. The van der Waals surface area contributed by atoms with Crippen LogP contribution in [0.15, 0.2) is 12.3 Å². The molecule has 0 aromatic carbocycles. The lowest BCUT2D eigenvalue weighted by Crippen LogP contribution is -2.50. The molecule has 1 atom stereocenters. The highest BCUT2D eigenvalue weighted by atomic mass is 35.5. The third kappa shape index (κ3) is 4.15. The van der Waals surface area contributed by atoms with Crippen molar-refractivity contribution in [1.82, 2.24) is 15.2 Å². The Hall–Kier alpha value is -1.86. The highest BCUT2D eigenvalue weighted by Gasteiger charge is 2.36. The number of piperidine rings is 1. The van der Waals surface area contributed by atoms with Gasteiger partial charge in [-0.2, -0.15) is 0 Å². The van der Waals surface area contributed by atoms with Gasteiger partial charge in [-0.05, 0) is 18.9 Å². The highest BCUT2D eigenvalue weighted by molar-refractivity contribution is 6.33. The number of β-amino-alcohol motifs (C(OH)–C–C–N with tert-alkyl or cyclic N) is 1. The van der Waals surface area contributed by atoms with Gasteiger partial charge in [0.25, 0.3) is 5.91 Å². The van der Waals surface area contributed by atoms with E-state index in [0.717, 1.165) is 6.42 Å². The summed E-state index contributed by atoms with van der Waals surface area (Å²) in [7, 11) is 4.87. The molecular formula is C16H23ClN4O3. The van der Waals surface area contributed by atoms with E-state index < -0.39 is 5.60 Å². The summed E-state index contributed by atoms with van der Waals surface area (Å²) in [6.45, 7) is 0.956. The number of hydrogen-bond donors (Lipinski definition) is 2. The monoisotopic (exact) mass is 354 g/mol. The molecule has 2 N–H and O–H groups in total. The van der Waals surface area contributed by atoms with Crippen LogP contribution in [0.5, 0.6) is 0 Å².